The van der Waals surface area contributed by atoms with Crippen LogP contribution in [0.3, 0.4) is 0 Å². The van der Waals surface area contributed by atoms with Crippen molar-refractivity contribution in [3.63, 3.8) is 0 Å². The number of nitrogens with zero attached hydrogens (tertiary/aromatic N) is 4. The third-order valence-corrected chi connectivity index (χ3v) is 9.05. The minimum absolute atomic E-state index is 0.226. The maximum absolute atomic E-state index is 12.8. The summed E-state index contributed by atoms with van der Waals surface area (Å²) in [4.78, 5) is 21.8. The highest BCUT2D eigenvalue weighted by Gasteiger charge is 2.36. The van der Waals surface area contributed by atoms with Crippen molar-refractivity contribution in [2.45, 2.75) is 37.9 Å². The van der Waals surface area contributed by atoms with Gasteiger partial charge in [0.15, 0.2) is 5.82 Å². The Hall–Kier alpha value is -4.93. The second kappa shape index (κ2) is 12.6. The summed E-state index contributed by atoms with van der Waals surface area (Å²) in [6.45, 7) is 2.52. The van der Waals surface area contributed by atoms with Gasteiger partial charge >= 0.3 is 0 Å². The summed E-state index contributed by atoms with van der Waals surface area (Å²) in [7, 11) is 1.67. The molecule has 0 saturated carbocycles. The van der Waals surface area contributed by atoms with Crippen LogP contribution in [-0.2, 0) is 30.6 Å². The van der Waals surface area contributed by atoms with Gasteiger partial charge in [-0.15, -0.1) is 10.2 Å². The molecule has 1 saturated heterocycles. The van der Waals surface area contributed by atoms with Crippen molar-refractivity contribution in [1.82, 2.24) is 34.9 Å². The third kappa shape index (κ3) is 5.82. The van der Waals surface area contributed by atoms with Crippen LogP contribution in [0.2, 0.25) is 0 Å². The van der Waals surface area contributed by atoms with Gasteiger partial charge in [-0.05, 0) is 53.8 Å². The lowest BCUT2D eigenvalue weighted by molar-refractivity contribution is -0.125. The Morgan fingerprint density at radius 2 is 1.62 bits per heavy atom. The summed E-state index contributed by atoms with van der Waals surface area (Å²) in [5, 5.41) is 15.4. The van der Waals surface area contributed by atoms with E-state index in [1.165, 1.54) is 10.9 Å². The van der Waals surface area contributed by atoms with Crippen molar-refractivity contribution in [3.8, 4) is 5.75 Å². The predicted octanol–water partition coefficient (Wildman–Crippen LogP) is 4.13. The number of carbonyl (C=O) groups excluding carboxylic acids is 1. The average Bonchev–Trinajstić information content (AvgIpc) is 3.80. The van der Waals surface area contributed by atoms with E-state index in [0.717, 1.165) is 57.9 Å². The summed E-state index contributed by atoms with van der Waals surface area (Å²) in [5.74, 6) is 2.20. The van der Waals surface area contributed by atoms with Crippen LogP contribution in [0.15, 0.2) is 85.2 Å². The summed E-state index contributed by atoms with van der Waals surface area (Å²) >= 11 is 0. The zero-order valence-electron chi connectivity index (χ0n) is 25.4. The Kier molecular flexibility index (Phi) is 8.06. The zero-order valence-corrected chi connectivity index (χ0v) is 25.4. The van der Waals surface area contributed by atoms with Gasteiger partial charge in [0, 0.05) is 60.3 Å². The number of ether oxygens (including phenoxy) is 1. The summed E-state index contributed by atoms with van der Waals surface area (Å²) in [6.07, 6.45) is 6.34. The summed E-state index contributed by atoms with van der Waals surface area (Å²) < 4.78 is 7.67. The molecule has 0 radical (unpaired) electrons. The largest absolute Gasteiger partial charge is 0.497 e. The molecule has 230 valence electrons. The van der Waals surface area contributed by atoms with Gasteiger partial charge in [0.1, 0.15) is 17.6 Å². The molecule has 10 nitrogen and oxygen atoms in total. The Balaban J connectivity index is 1.30. The number of fused-ring (bicyclic) bond motifs is 2. The van der Waals surface area contributed by atoms with Crippen LogP contribution in [0.25, 0.3) is 21.8 Å². The number of nitrogens with two attached hydrogens (primary N) is 1. The normalized spacial score (nSPS) is 16.3. The van der Waals surface area contributed by atoms with E-state index in [9.17, 15) is 4.79 Å². The first kappa shape index (κ1) is 28.8. The molecule has 1 fully saturated rings. The minimum Gasteiger partial charge on any atom is -0.497 e. The number of piperazine rings is 1. The number of methoxy groups -OCH3 is 1. The number of nitrogens with one attached hydrogen (secondary N) is 3. The summed E-state index contributed by atoms with van der Waals surface area (Å²) in [6, 6.07) is 24.1. The maximum Gasteiger partial charge on any atom is 0.236 e. The highest BCUT2D eigenvalue weighted by molar-refractivity contribution is 5.84. The lowest BCUT2D eigenvalue weighted by Gasteiger charge is -2.39. The monoisotopic (exact) mass is 602 g/mol. The van der Waals surface area contributed by atoms with Gasteiger partial charge in [0.25, 0.3) is 0 Å². The molecule has 5 N–H and O–H groups in total. The molecule has 2 atom stereocenters. The van der Waals surface area contributed by atoms with Crippen LogP contribution in [0.1, 0.15) is 34.4 Å². The number of primary amides is 1. The molecule has 3 aromatic carbocycles. The smallest absolute Gasteiger partial charge is 0.236 e. The zero-order chi connectivity index (χ0) is 30.8. The van der Waals surface area contributed by atoms with E-state index in [1.807, 2.05) is 24.3 Å². The number of rotatable bonds is 11. The Morgan fingerprint density at radius 3 is 2.33 bits per heavy atom. The average molecular weight is 603 g/mol. The Labute approximate surface area is 261 Å². The Morgan fingerprint density at radius 1 is 0.933 bits per heavy atom. The maximum atomic E-state index is 12.8. The van der Waals surface area contributed by atoms with Crippen molar-refractivity contribution < 1.29 is 9.53 Å². The number of H-pyrrole nitrogens is 2. The van der Waals surface area contributed by atoms with Crippen LogP contribution >= 0.6 is 0 Å². The van der Waals surface area contributed by atoms with E-state index >= 15 is 0 Å². The lowest BCUT2D eigenvalue weighted by Crippen LogP contribution is -2.58. The first-order chi connectivity index (χ1) is 22.1. The standard InChI is InChI=1S/C35H38N8O2/c1-45-26-13-10-23(11-14-26)22-43-33(15-12-24-19-38-29-8-4-2-6-27(24)29)40-41-35(43)31(42-17-16-37-21-32(42)34(36)44)18-25-20-39-30-9-5-3-7-28(25)30/h2-11,13-14,19-20,31-32,37-39H,12,15-18,21-22H2,1H3,(H2,36,44)/t31?,32-/m1/s1. The number of carbonyl (C=O) groups is 1. The highest BCUT2D eigenvalue weighted by atomic mass is 16.5. The fourth-order valence-electron chi connectivity index (χ4n) is 6.67. The molecular weight excluding hydrogens is 564 g/mol. The molecule has 6 aromatic rings. The van der Waals surface area contributed by atoms with Gasteiger partial charge in [-0.25, -0.2) is 0 Å². The molecule has 7 rings (SSSR count). The van der Waals surface area contributed by atoms with E-state index in [1.54, 1.807) is 7.11 Å². The topological polar surface area (TPSA) is 130 Å². The molecule has 10 heteroatoms. The Bertz CT molecular complexity index is 1920. The van der Waals surface area contributed by atoms with Gasteiger partial charge in [0.05, 0.1) is 19.7 Å². The van der Waals surface area contributed by atoms with Crippen LogP contribution in [0.5, 0.6) is 5.75 Å². The van der Waals surface area contributed by atoms with E-state index < -0.39 is 6.04 Å². The van der Waals surface area contributed by atoms with Crippen LogP contribution < -0.4 is 15.8 Å². The second-order valence-corrected chi connectivity index (χ2v) is 11.7. The molecule has 3 aromatic heterocycles. The third-order valence-electron chi connectivity index (χ3n) is 9.05. The minimum atomic E-state index is -0.463. The van der Waals surface area contributed by atoms with Crippen molar-refractivity contribution in [2.75, 3.05) is 26.7 Å². The predicted molar refractivity (Wildman–Crippen MR) is 175 cm³/mol. The summed E-state index contributed by atoms with van der Waals surface area (Å²) in [5.41, 5.74) is 11.7. The quantitative estimate of drug-likeness (QED) is 0.177. The number of hydrogen-bond acceptors (Lipinski definition) is 6. The molecule has 1 aliphatic rings. The fourth-order valence-corrected chi connectivity index (χ4v) is 6.67. The number of hydrogen-bond donors (Lipinski definition) is 4. The van der Waals surface area contributed by atoms with E-state index in [2.05, 4.69) is 85.7 Å². The lowest BCUT2D eigenvalue weighted by atomic mass is 9.99. The fraction of sp³-hybridized carbons (Fsp3) is 0.286. The second-order valence-electron chi connectivity index (χ2n) is 11.7. The molecule has 0 bridgehead atoms. The first-order valence-electron chi connectivity index (χ1n) is 15.5. The number of para-hydroxylation sites is 2. The van der Waals surface area contributed by atoms with Gasteiger partial charge < -0.3 is 30.3 Å². The van der Waals surface area contributed by atoms with Gasteiger partial charge in [-0.1, -0.05) is 48.5 Å². The number of aromatic amines is 2. The van der Waals surface area contributed by atoms with Crippen molar-refractivity contribution in [1.29, 1.82) is 0 Å². The molecule has 0 aliphatic carbocycles. The van der Waals surface area contributed by atoms with Gasteiger partial charge in [-0.3, -0.25) is 9.69 Å². The van der Waals surface area contributed by atoms with E-state index in [-0.39, 0.29) is 11.9 Å². The molecule has 0 spiro atoms. The van der Waals surface area contributed by atoms with Gasteiger partial charge in [-0.2, -0.15) is 0 Å². The number of benzene rings is 3. The van der Waals surface area contributed by atoms with E-state index in [4.69, 9.17) is 20.7 Å². The van der Waals surface area contributed by atoms with E-state index in [0.29, 0.717) is 32.5 Å². The van der Waals surface area contributed by atoms with Crippen molar-refractivity contribution >= 4 is 27.7 Å². The molecule has 1 unspecified atom stereocenters. The van der Waals surface area contributed by atoms with Crippen molar-refractivity contribution in [3.05, 3.63) is 114 Å². The van der Waals surface area contributed by atoms with Crippen LogP contribution in [0.4, 0.5) is 0 Å². The molecule has 4 heterocycles. The van der Waals surface area contributed by atoms with Crippen LogP contribution in [-0.4, -0.2) is 68.3 Å². The van der Waals surface area contributed by atoms with Gasteiger partial charge in [0.2, 0.25) is 5.91 Å². The molecular formula is C35H38N8O2. The molecule has 1 aliphatic heterocycles. The first-order valence-corrected chi connectivity index (χ1v) is 15.5. The number of amides is 1. The number of aromatic nitrogens is 5. The van der Waals surface area contributed by atoms with Crippen LogP contribution in [0, 0.1) is 0 Å². The van der Waals surface area contributed by atoms with Crippen molar-refractivity contribution in [2.24, 2.45) is 5.73 Å². The number of aryl methyl sites for hydroxylation is 2. The highest BCUT2D eigenvalue weighted by Crippen LogP contribution is 2.31. The molecule has 45 heavy (non-hydrogen) atoms. The molecule has 1 amide bonds. The SMILES string of the molecule is COc1ccc(Cn2c(CCc3c[nH]c4ccccc34)nnc2C(Cc2c[nH]c3ccccc23)N2CCNC[C@@H]2C(N)=O)cc1.